The molecule has 0 bridgehead atoms. The van der Waals surface area contributed by atoms with E-state index < -0.39 is 0 Å². The summed E-state index contributed by atoms with van der Waals surface area (Å²) in [5.41, 5.74) is 1.99. The van der Waals surface area contributed by atoms with E-state index in [1.54, 1.807) is 11.8 Å². The number of carbonyl (C=O) groups is 1. The maximum absolute atomic E-state index is 11.8. The van der Waals surface area contributed by atoms with Crippen LogP contribution >= 0.6 is 27.7 Å². The zero-order valence-electron chi connectivity index (χ0n) is 12.3. The normalized spacial score (nSPS) is 10.3. The summed E-state index contributed by atoms with van der Waals surface area (Å²) in [6.45, 7) is 2.63. The van der Waals surface area contributed by atoms with Crippen LogP contribution in [0.25, 0.3) is 0 Å². The van der Waals surface area contributed by atoms with Gasteiger partial charge in [0.15, 0.2) is 0 Å². The minimum atomic E-state index is 0.00266. The van der Waals surface area contributed by atoms with Gasteiger partial charge in [-0.25, -0.2) is 0 Å². The first-order valence-electron chi connectivity index (χ1n) is 6.96. The molecule has 1 N–H and O–H groups in total. The van der Waals surface area contributed by atoms with Gasteiger partial charge in [0.2, 0.25) is 5.91 Å². The van der Waals surface area contributed by atoms with Crippen molar-refractivity contribution in [1.29, 1.82) is 0 Å². The van der Waals surface area contributed by atoms with Gasteiger partial charge in [-0.3, -0.25) is 4.79 Å². The highest BCUT2D eigenvalue weighted by Crippen LogP contribution is 2.15. The summed E-state index contributed by atoms with van der Waals surface area (Å²) in [4.78, 5) is 11.8. The SMILES string of the molecule is Cc1cccc(OCCSCC(=O)Nc2ccc(Br)cc2)c1. The van der Waals surface area contributed by atoms with Crippen molar-refractivity contribution in [3.8, 4) is 5.75 Å². The van der Waals surface area contributed by atoms with Gasteiger partial charge in [-0.05, 0) is 48.9 Å². The van der Waals surface area contributed by atoms with E-state index in [4.69, 9.17) is 4.74 Å². The fourth-order valence-corrected chi connectivity index (χ4v) is 2.69. The fraction of sp³-hybridized carbons (Fsp3) is 0.235. The molecular formula is C17H18BrNO2S. The highest BCUT2D eigenvalue weighted by atomic mass is 79.9. The molecule has 5 heteroatoms. The third kappa shape index (κ3) is 6.12. The van der Waals surface area contributed by atoms with Crippen molar-refractivity contribution >= 4 is 39.3 Å². The smallest absolute Gasteiger partial charge is 0.234 e. The topological polar surface area (TPSA) is 38.3 Å². The van der Waals surface area contributed by atoms with Crippen LogP contribution in [0.2, 0.25) is 0 Å². The lowest BCUT2D eigenvalue weighted by Crippen LogP contribution is -2.15. The fourth-order valence-electron chi connectivity index (χ4n) is 1.82. The molecule has 0 aliphatic carbocycles. The number of hydrogen-bond donors (Lipinski definition) is 1. The molecule has 22 heavy (non-hydrogen) atoms. The van der Waals surface area contributed by atoms with Crippen LogP contribution in [-0.2, 0) is 4.79 Å². The second kappa shape index (κ2) is 8.86. The van der Waals surface area contributed by atoms with Crippen LogP contribution < -0.4 is 10.1 Å². The predicted octanol–water partition coefficient (Wildman–Crippen LogP) is 4.51. The summed E-state index contributed by atoms with van der Waals surface area (Å²) < 4.78 is 6.64. The Morgan fingerprint density at radius 3 is 2.73 bits per heavy atom. The summed E-state index contributed by atoms with van der Waals surface area (Å²) in [5.74, 6) is 2.08. The molecule has 0 heterocycles. The molecule has 0 saturated heterocycles. The Bertz CT molecular complexity index is 616. The van der Waals surface area contributed by atoms with E-state index in [-0.39, 0.29) is 5.91 Å². The Balaban J connectivity index is 1.62. The molecule has 0 atom stereocenters. The van der Waals surface area contributed by atoms with Crippen LogP contribution in [0.1, 0.15) is 5.56 Å². The second-order valence-corrected chi connectivity index (χ2v) is 6.79. The van der Waals surface area contributed by atoms with Crippen molar-refractivity contribution in [2.24, 2.45) is 0 Å². The van der Waals surface area contributed by atoms with Gasteiger partial charge >= 0.3 is 0 Å². The number of benzene rings is 2. The molecule has 1 amide bonds. The molecule has 0 unspecified atom stereocenters. The third-order valence-electron chi connectivity index (χ3n) is 2.85. The minimum absolute atomic E-state index is 0.00266. The third-order valence-corrected chi connectivity index (χ3v) is 4.30. The molecular weight excluding hydrogens is 362 g/mol. The maximum Gasteiger partial charge on any atom is 0.234 e. The number of carbonyl (C=O) groups excluding carboxylic acids is 1. The van der Waals surface area contributed by atoms with Crippen molar-refractivity contribution < 1.29 is 9.53 Å². The van der Waals surface area contributed by atoms with Crippen LogP contribution in [-0.4, -0.2) is 24.0 Å². The molecule has 0 aromatic heterocycles. The number of anilines is 1. The van der Waals surface area contributed by atoms with E-state index >= 15 is 0 Å². The molecule has 0 saturated carbocycles. The molecule has 0 aliphatic rings. The second-order valence-electron chi connectivity index (χ2n) is 4.77. The Morgan fingerprint density at radius 2 is 2.00 bits per heavy atom. The molecule has 3 nitrogen and oxygen atoms in total. The first-order valence-corrected chi connectivity index (χ1v) is 8.91. The highest BCUT2D eigenvalue weighted by Gasteiger charge is 2.03. The van der Waals surface area contributed by atoms with Crippen LogP contribution in [0, 0.1) is 6.92 Å². The Hall–Kier alpha value is -1.46. The summed E-state index contributed by atoms with van der Waals surface area (Å²) in [6.07, 6.45) is 0. The van der Waals surface area contributed by atoms with Gasteiger partial charge in [-0.15, -0.1) is 11.8 Å². The van der Waals surface area contributed by atoms with Crippen molar-refractivity contribution in [3.63, 3.8) is 0 Å². The lowest BCUT2D eigenvalue weighted by molar-refractivity contribution is -0.113. The van der Waals surface area contributed by atoms with Crippen molar-refractivity contribution in [1.82, 2.24) is 0 Å². The number of halogens is 1. The highest BCUT2D eigenvalue weighted by molar-refractivity contribution is 9.10. The molecule has 0 spiro atoms. The van der Waals surface area contributed by atoms with Crippen LogP contribution in [0.3, 0.4) is 0 Å². The number of aryl methyl sites for hydroxylation is 1. The Morgan fingerprint density at radius 1 is 1.23 bits per heavy atom. The van der Waals surface area contributed by atoms with Crippen molar-refractivity contribution in [2.75, 3.05) is 23.4 Å². The lowest BCUT2D eigenvalue weighted by Gasteiger charge is -2.07. The summed E-state index contributed by atoms with van der Waals surface area (Å²) in [6, 6.07) is 15.5. The first kappa shape index (κ1) is 16.9. The van der Waals surface area contributed by atoms with Gasteiger partial charge in [0.05, 0.1) is 12.4 Å². The van der Waals surface area contributed by atoms with Gasteiger partial charge in [0, 0.05) is 15.9 Å². The number of amides is 1. The monoisotopic (exact) mass is 379 g/mol. The van der Waals surface area contributed by atoms with E-state index in [1.807, 2.05) is 55.5 Å². The van der Waals surface area contributed by atoms with Crippen LogP contribution in [0.5, 0.6) is 5.75 Å². The van der Waals surface area contributed by atoms with Gasteiger partial charge in [0.1, 0.15) is 5.75 Å². The van der Waals surface area contributed by atoms with Crippen molar-refractivity contribution in [2.45, 2.75) is 6.92 Å². The standard InChI is InChI=1S/C17H18BrNO2S/c1-13-3-2-4-16(11-13)21-9-10-22-12-17(20)19-15-7-5-14(18)6-8-15/h2-8,11H,9-10,12H2,1H3,(H,19,20). The molecule has 116 valence electrons. The largest absolute Gasteiger partial charge is 0.493 e. The zero-order chi connectivity index (χ0) is 15.8. The number of ether oxygens (including phenoxy) is 1. The zero-order valence-corrected chi connectivity index (χ0v) is 14.7. The maximum atomic E-state index is 11.8. The van der Waals surface area contributed by atoms with Crippen LogP contribution in [0.15, 0.2) is 53.0 Å². The molecule has 0 aliphatic heterocycles. The minimum Gasteiger partial charge on any atom is -0.493 e. The quantitative estimate of drug-likeness (QED) is 0.719. The first-order chi connectivity index (χ1) is 10.6. The van der Waals surface area contributed by atoms with Gasteiger partial charge < -0.3 is 10.1 Å². The van der Waals surface area contributed by atoms with Gasteiger partial charge in [-0.1, -0.05) is 28.1 Å². The lowest BCUT2D eigenvalue weighted by atomic mass is 10.2. The van der Waals surface area contributed by atoms with E-state index in [0.717, 1.165) is 21.7 Å². The van der Waals surface area contributed by atoms with Gasteiger partial charge in [0.25, 0.3) is 0 Å². The summed E-state index contributed by atoms with van der Waals surface area (Å²) >= 11 is 4.92. The average molecular weight is 380 g/mol. The molecule has 2 aromatic carbocycles. The number of hydrogen-bond acceptors (Lipinski definition) is 3. The predicted molar refractivity (Wildman–Crippen MR) is 96.8 cm³/mol. The Kier molecular flexibility index (Phi) is 6.80. The van der Waals surface area contributed by atoms with Crippen molar-refractivity contribution in [3.05, 3.63) is 58.6 Å². The number of nitrogens with one attached hydrogen (secondary N) is 1. The Labute approximate surface area is 143 Å². The number of thioether (sulfide) groups is 1. The van der Waals surface area contributed by atoms with E-state index in [0.29, 0.717) is 12.4 Å². The van der Waals surface area contributed by atoms with E-state index in [9.17, 15) is 4.79 Å². The van der Waals surface area contributed by atoms with E-state index in [2.05, 4.69) is 21.2 Å². The summed E-state index contributed by atoms with van der Waals surface area (Å²) in [5, 5.41) is 2.86. The molecule has 0 fully saturated rings. The molecule has 0 radical (unpaired) electrons. The number of rotatable bonds is 7. The molecule has 2 rings (SSSR count). The van der Waals surface area contributed by atoms with E-state index in [1.165, 1.54) is 5.56 Å². The van der Waals surface area contributed by atoms with Gasteiger partial charge in [-0.2, -0.15) is 0 Å². The summed E-state index contributed by atoms with van der Waals surface area (Å²) in [7, 11) is 0. The molecule has 2 aromatic rings. The van der Waals surface area contributed by atoms with Crippen LogP contribution in [0.4, 0.5) is 5.69 Å². The average Bonchev–Trinajstić information content (AvgIpc) is 2.49.